The van der Waals surface area contributed by atoms with Crippen LogP contribution in [0.1, 0.15) is 13.8 Å². The lowest BCUT2D eigenvalue weighted by atomic mass is 10.1. The summed E-state index contributed by atoms with van der Waals surface area (Å²) in [5, 5.41) is 0. The van der Waals surface area contributed by atoms with Crippen LogP contribution >= 0.6 is 0 Å². The van der Waals surface area contributed by atoms with Crippen LogP contribution in [0.5, 0.6) is 0 Å². The lowest BCUT2D eigenvalue weighted by molar-refractivity contribution is -0.147. The Kier molecular flexibility index (Phi) is 2.12. The molecule has 11 heavy (non-hydrogen) atoms. The number of hydrogen-bond donors (Lipinski definition) is 0. The van der Waals surface area contributed by atoms with Gasteiger partial charge in [-0.1, -0.05) is 0 Å². The molecule has 1 heterocycles. The van der Waals surface area contributed by atoms with Gasteiger partial charge in [0, 0.05) is 6.92 Å². The molecule has 0 bridgehead atoms. The smallest absolute Gasteiger partial charge is 0.312 e. The molecule has 0 unspecified atom stereocenters. The molecule has 4 nitrogen and oxygen atoms in total. The Morgan fingerprint density at radius 2 is 2.36 bits per heavy atom. The minimum absolute atomic E-state index is 0.194. The Hall–Kier alpha value is -1.06. The van der Waals surface area contributed by atoms with Crippen molar-refractivity contribution in [3.8, 4) is 0 Å². The molecule has 1 saturated heterocycles. The van der Waals surface area contributed by atoms with Gasteiger partial charge in [-0.25, -0.2) is 0 Å². The van der Waals surface area contributed by atoms with E-state index in [-0.39, 0.29) is 30.6 Å². The van der Waals surface area contributed by atoms with Gasteiger partial charge in [-0.2, -0.15) is 0 Å². The van der Waals surface area contributed by atoms with Crippen molar-refractivity contribution in [3.63, 3.8) is 0 Å². The van der Waals surface area contributed by atoms with Gasteiger partial charge in [0.15, 0.2) is 0 Å². The summed E-state index contributed by atoms with van der Waals surface area (Å²) in [6.07, 6.45) is -0.389. The quantitative estimate of drug-likeness (QED) is 0.508. The van der Waals surface area contributed by atoms with Gasteiger partial charge in [-0.15, -0.1) is 0 Å². The predicted octanol–water partition coefficient (Wildman–Crippen LogP) is 0.111. The van der Waals surface area contributed by atoms with E-state index in [4.69, 9.17) is 4.74 Å². The zero-order valence-electron chi connectivity index (χ0n) is 6.49. The topological polar surface area (TPSA) is 52.6 Å². The zero-order valence-corrected chi connectivity index (χ0v) is 6.49. The van der Waals surface area contributed by atoms with E-state index in [0.717, 1.165) is 0 Å². The van der Waals surface area contributed by atoms with Crippen LogP contribution in [0.25, 0.3) is 0 Å². The van der Waals surface area contributed by atoms with E-state index in [2.05, 4.69) is 4.74 Å². The molecule has 0 aromatic rings. The van der Waals surface area contributed by atoms with E-state index < -0.39 is 0 Å². The van der Waals surface area contributed by atoms with Crippen molar-refractivity contribution in [1.82, 2.24) is 0 Å². The van der Waals surface area contributed by atoms with Crippen molar-refractivity contribution in [1.29, 1.82) is 0 Å². The summed E-state index contributed by atoms with van der Waals surface area (Å²) in [5.74, 6) is -0.990. The van der Waals surface area contributed by atoms with E-state index in [0.29, 0.717) is 0 Å². The van der Waals surface area contributed by atoms with E-state index in [9.17, 15) is 9.59 Å². The molecule has 0 spiro atoms. The highest BCUT2D eigenvalue weighted by atomic mass is 16.6. The van der Waals surface area contributed by atoms with Gasteiger partial charge in [0.2, 0.25) is 0 Å². The second-order valence-electron chi connectivity index (χ2n) is 2.57. The van der Waals surface area contributed by atoms with Gasteiger partial charge in [-0.05, 0) is 6.92 Å². The Morgan fingerprint density at radius 1 is 1.73 bits per heavy atom. The van der Waals surface area contributed by atoms with Gasteiger partial charge in [0.25, 0.3) is 0 Å². The molecule has 0 N–H and O–H groups in total. The van der Waals surface area contributed by atoms with Crippen molar-refractivity contribution in [3.05, 3.63) is 0 Å². The highest BCUT2D eigenvalue weighted by molar-refractivity contribution is 5.75. The van der Waals surface area contributed by atoms with Crippen molar-refractivity contribution in [2.75, 3.05) is 6.61 Å². The van der Waals surface area contributed by atoms with Crippen LogP contribution in [-0.4, -0.2) is 24.6 Å². The first-order valence-electron chi connectivity index (χ1n) is 3.45. The van der Waals surface area contributed by atoms with Crippen LogP contribution in [0, 0.1) is 5.92 Å². The van der Waals surface area contributed by atoms with Crippen LogP contribution in [0.15, 0.2) is 0 Å². The molecule has 1 fully saturated rings. The zero-order chi connectivity index (χ0) is 8.43. The first-order chi connectivity index (χ1) is 5.11. The Labute approximate surface area is 64.5 Å². The van der Waals surface area contributed by atoms with E-state index in [1.54, 1.807) is 6.92 Å². The maximum atomic E-state index is 10.8. The van der Waals surface area contributed by atoms with Crippen LogP contribution in [0.2, 0.25) is 0 Å². The van der Waals surface area contributed by atoms with Gasteiger partial charge in [0.1, 0.15) is 12.7 Å². The summed E-state index contributed by atoms with van der Waals surface area (Å²) < 4.78 is 9.47. The summed E-state index contributed by atoms with van der Waals surface area (Å²) in [5.41, 5.74) is 0. The predicted molar refractivity (Wildman–Crippen MR) is 35.7 cm³/mol. The molecule has 0 radical (unpaired) electrons. The van der Waals surface area contributed by atoms with Crippen LogP contribution in [0.4, 0.5) is 0 Å². The largest absolute Gasteiger partial charge is 0.461 e. The molecule has 4 heteroatoms. The minimum Gasteiger partial charge on any atom is -0.461 e. The minimum atomic E-state index is -0.389. The summed E-state index contributed by atoms with van der Waals surface area (Å²) in [7, 11) is 0. The third-order valence-electron chi connectivity index (χ3n) is 1.64. The molecule has 62 valence electrons. The number of cyclic esters (lactones) is 1. The SMILES string of the molecule is CC(=O)O[C@H]1COC(=O)[C@H]1C. The first kappa shape index (κ1) is 8.04. The molecular formula is C7H10O4. The summed E-state index contributed by atoms with van der Waals surface area (Å²) in [6.45, 7) is 3.19. The fourth-order valence-corrected chi connectivity index (χ4v) is 0.941. The highest BCUT2D eigenvalue weighted by Crippen LogP contribution is 2.17. The van der Waals surface area contributed by atoms with Crippen molar-refractivity contribution < 1.29 is 19.1 Å². The summed E-state index contributed by atoms with van der Waals surface area (Å²) in [4.78, 5) is 21.2. The maximum Gasteiger partial charge on any atom is 0.312 e. The fraction of sp³-hybridized carbons (Fsp3) is 0.714. The second kappa shape index (κ2) is 2.90. The molecule has 0 aromatic heterocycles. The normalized spacial score (nSPS) is 29.8. The van der Waals surface area contributed by atoms with Gasteiger partial charge in [-0.3, -0.25) is 9.59 Å². The van der Waals surface area contributed by atoms with Crippen LogP contribution in [0.3, 0.4) is 0 Å². The molecule has 1 aliphatic rings. The first-order valence-corrected chi connectivity index (χ1v) is 3.45. The number of rotatable bonds is 1. The Morgan fingerprint density at radius 3 is 2.73 bits per heavy atom. The Balaban J connectivity index is 2.48. The molecular weight excluding hydrogens is 148 g/mol. The molecule has 0 saturated carbocycles. The molecule has 0 aromatic carbocycles. The summed E-state index contributed by atoms with van der Waals surface area (Å²) >= 11 is 0. The summed E-state index contributed by atoms with van der Waals surface area (Å²) in [6, 6.07) is 0. The Bertz CT molecular complexity index is 187. The highest BCUT2D eigenvalue weighted by Gasteiger charge is 2.35. The monoisotopic (exact) mass is 158 g/mol. The third-order valence-corrected chi connectivity index (χ3v) is 1.64. The van der Waals surface area contributed by atoms with Crippen LogP contribution in [-0.2, 0) is 19.1 Å². The third kappa shape index (κ3) is 1.69. The second-order valence-corrected chi connectivity index (χ2v) is 2.57. The van der Waals surface area contributed by atoms with E-state index >= 15 is 0 Å². The van der Waals surface area contributed by atoms with Gasteiger partial charge in [0.05, 0.1) is 5.92 Å². The van der Waals surface area contributed by atoms with Crippen molar-refractivity contribution >= 4 is 11.9 Å². The lowest BCUT2D eigenvalue weighted by Crippen LogP contribution is -2.23. The number of ether oxygens (including phenoxy) is 2. The van der Waals surface area contributed by atoms with E-state index in [1.165, 1.54) is 6.92 Å². The number of hydrogen-bond acceptors (Lipinski definition) is 4. The van der Waals surface area contributed by atoms with Crippen LogP contribution < -0.4 is 0 Å². The van der Waals surface area contributed by atoms with Crippen molar-refractivity contribution in [2.24, 2.45) is 5.92 Å². The molecule has 0 aliphatic carbocycles. The maximum absolute atomic E-state index is 10.8. The fourth-order valence-electron chi connectivity index (χ4n) is 0.941. The average molecular weight is 158 g/mol. The molecule has 1 rings (SSSR count). The molecule has 0 amide bonds. The number of carbonyl (C=O) groups is 2. The molecule has 2 atom stereocenters. The van der Waals surface area contributed by atoms with E-state index in [1.807, 2.05) is 0 Å². The van der Waals surface area contributed by atoms with Crippen molar-refractivity contribution in [2.45, 2.75) is 20.0 Å². The number of esters is 2. The van der Waals surface area contributed by atoms with Gasteiger partial charge < -0.3 is 9.47 Å². The standard InChI is InChI=1S/C7H10O4/c1-4-6(11-5(2)8)3-10-7(4)9/h4,6H,3H2,1-2H3/t4-,6-/m0/s1. The lowest BCUT2D eigenvalue weighted by Gasteiger charge is -2.09. The molecule has 1 aliphatic heterocycles. The van der Waals surface area contributed by atoms with Gasteiger partial charge >= 0.3 is 11.9 Å². The number of carbonyl (C=O) groups excluding carboxylic acids is 2. The average Bonchev–Trinajstić information content (AvgIpc) is 2.18.